The molecule has 2 aromatic rings. The third-order valence-corrected chi connectivity index (χ3v) is 4.14. The third kappa shape index (κ3) is 1.81. The lowest BCUT2D eigenvalue weighted by Gasteiger charge is -2.32. The zero-order valence-electron chi connectivity index (χ0n) is 10.8. The molecule has 0 bridgehead atoms. The van der Waals surface area contributed by atoms with Crippen molar-refractivity contribution in [1.82, 2.24) is 4.57 Å². The summed E-state index contributed by atoms with van der Waals surface area (Å²) in [6, 6.07) is 12.7. The van der Waals surface area contributed by atoms with Crippen LogP contribution in [0.5, 0.6) is 0 Å². The van der Waals surface area contributed by atoms with Crippen LogP contribution in [-0.4, -0.2) is 23.6 Å². The predicted molar refractivity (Wildman–Crippen MR) is 72.4 cm³/mol. The Labute approximate surface area is 112 Å². The second-order valence-electron chi connectivity index (χ2n) is 5.28. The van der Waals surface area contributed by atoms with Gasteiger partial charge in [0.25, 0.3) is 0 Å². The molecule has 1 spiro atoms. The van der Waals surface area contributed by atoms with Gasteiger partial charge in [0.2, 0.25) is 0 Å². The average molecular weight is 255 g/mol. The fourth-order valence-corrected chi connectivity index (χ4v) is 3.21. The number of ether oxygens (including phenoxy) is 2. The molecular formula is C16H17NO2. The van der Waals surface area contributed by atoms with Crippen molar-refractivity contribution < 1.29 is 9.47 Å². The maximum Gasteiger partial charge on any atom is 0.172 e. The van der Waals surface area contributed by atoms with Crippen molar-refractivity contribution in [2.45, 2.75) is 25.0 Å². The normalized spacial score (nSPS) is 20.6. The average Bonchev–Trinajstić information content (AvgIpc) is 3.07. The first kappa shape index (κ1) is 11.3. The minimum absolute atomic E-state index is 0.337. The van der Waals surface area contributed by atoms with Crippen LogP contribution < -0.4 is 0 Å². The lowest BCUT2D eigenvalue weighted by Crippen LogP contribution is -2.37. The van der Waals surface area contributed by atoms with Crippen molar-refractivity contribution in [3.05, 3.63) is 53.9 Å². The molecule has 1 saturated heterocycles. The molecule has 3 heteroatoms. The molecule has 1 aliphatic heterocycles. The fraction of sp³-hybridized carbons (Fsp3) is 0.375. The Bertz CT molecular complexity index is 582. The highest BCUT2D eigenvalue weighted by molar-refractivity contribution is 5.39. The third-order valence-electron chi connectivity index (χ3n) is 4.14. The summed E-state index contributed by atoms with van der Waals surface area (Å²) < 4.78 is 13.9. The van der Waals surface area contributed by atoms with Gasteiger partial charge in [0.1, 0.15) is 0 Å². The molecular weight excluding hydrogens is 238 g/mol. The van der Waals surface area contributed by atoms with Gasteiger partial charge in [-0.15, -0.1) is 0 Å². The van der Waals surface area contributed by atoms with Gasteiger partial charge in [-0.3, -0.25) is 0 Å². The number of hydrogen-bond acceptors (Lipinski definition) is 2. The van der Waals surface area contributed by atoms with Crippen molar-refractivity contribution in [2.75, 3.05) is 13.2 Å². The first-order valence-electron chi connectivity index (χ1n) is 6.89. The molecule has 0 radical (unpaired) electrons. The largest absolute Gasteiger partial charge is 0.347 e. The fourth-order valence-electron chi connectivity index (χ4n) is 3.21. The summed E-state index contributed by atoms with van der Waals surface area (Å²) in [5, 5.41) is 0. The van der Waals surface area contributed by atoms with Crippen LogP contribution in [0, 0.1) is 0 Å². The Balaban J connectivity index is 1.70. The Morgan fingerprint density at radius 3 is 2.58 bits per heavy atom. The van der Waals surface area contributed by atoms with E-state index in [1.807, 2.05) is 0 Å². The van der Waals surface area contributed by atoms with Crippen molar-refractivity contribution in [2.24, 2.45) is 0 Å². The van der Waals surface area contributed by atoms with E-state index in [2.05, 4.69) is 47.2 Å². The quantitative estimate of drug-likeness (QED) is 0.782. The molecule has 19 heavy (non-hydrogen) atoms. The van der Waals surface area contributed by atoms with Crippen LogP contribution in [0.25, 0.3) is 5.69 Å². The van der Waals surface area contributed by atoms with Gasteiger partial charge in [0.05, 0.1) is 13.2 Å². The standard InChI is InChI=1S/C16H17NO2/c1-2-4-14(5-3-1)17-9-7-13-12-16(8-6-15(13)17)18-10-11-19-16/h1-5,7,9H,6,8,10-12H2. The van der Waals surface area contributed by atoms with E-state index in [0.29, 0.717) is 0 Å². The lowest BCUT2D eigenvalue weighted by atomic mass is 9.92. The van der Waals surface area contributed by atoms with Crippen molar-refractivity contribution in [3.63, 3.8) is 0 Å². The smallest absolute Gasteiger partial charge is 0.172 e. The molecule has 1 aromatic carbocycles. The van der Waals surface area contributed by atoms with Crippen molar-refractivity contribution >= 4 is 0 Å². The van der Waals surface area contributed by atoms with Gasteiger partial charge in [-0.1, -0.05) is 18.2 Å². The predicted octanol–water partition coefficient (Wildman–Crippen LogP) is 2.71. The molecule has 1 aromatic heterocycles. The second kappa shape index (κ2) is 4.22. The Kier molecular flexibility index (Phi) is 2.50. The molecule has 4 rings (SSSR count). The van der Waals surface area contributed by atoms with Gasteiger partial charge < -0.3 is 14.0 Å². The van der Waals surface area contributed by atoms with Gasteiger partial charge in [0, 0.05) is 30.4 Å². The van der Waals surface area contributed by atoms with Crippen LogP contribution in [0.4, 0.5) is 0 Å². The molecule has 0 amide bonds. The van der Waals surface area contributed by atoms with Gasteiger partial charge in [-0.25, -0.2) is 0 Å². The number of rotatable bonds is 1. The van der Waals surface area contributed by atoms with Crippen molar-refractivity contribution in [3.8, 4) is 5.69 Å². The molecule has 0 saturated carbocycles. The van der Waals surface area contributed by atoms with E-state index in [1.165, 1.54) is 16.9 Å². The molecule has 0 atom stereocenters. The number of hydrogen-bond donors (Lipinski definition) is 0. The van der Waals surface area contributed by atoms with Crippen LogP contribution >= 0.6 is 0 Å². The van der Waals surface area contributed by atoms with E-state index in [-0.39, 0.29) is 5.79 Å². The summed E-state index contributed by atoms with van der Waals surface area (Å²) in [4.78, 5) is 0. The monoisotopic (exact) mass is 255 g/mol. The summed E-state index contributed by atoms with van der Waals surface area (Å²) in [5.74, 6) is -0.337. The van der Waals surface area contributed by atoms with E-state index in [9.17, 15) is 0 Å². The summed E-state index contributed by atoms with van der Waals surface area (Å²) in [7, 11) is 0. The first-order valence-corrected chi connectivity index (χ1v) is 6.89. The summed E-state index contributed by atoms with van der Waals surface area (Å²) in [6.07, 6.45) is 5.00. The number of para-hydroxylation sites is 1. The van der Waals surface area contributed by atoms with E-state index < -0.39 is 0 Å². The van der Waals surface area contributed by atoms with Crippen LogP contribution in [0.15, 0.2) is 42.6 Å². The van der Waals surface area contributed by atoms with E-state index >= 15 is 0 Å². The molecule has 0 N–H and O–H groups in total. The minimum Gasteiger partial charge on any atom is -0.347 e. The highest BCUT2D eigenvalue weighted by Gasteiger charge is 2.40. The highest BCUT2D eigenvalue weighted by atomic mass is 16.7. The SMILES string of the molecule is c1ccc(-n2ccc3c2CCC2(C3)OCCO2)cc1. The first-order chi connectivity index (χ1) is 9.36. The van der Waals surface area contributed by atoms with Gasteiger partial charge in [-0.2, -0.15) is 0 Å². The second-order valence-corrected chi connectivity index (χ2v) is 5.28. The molecule has 3 nitrogen and oxygen atoms in total. The Hall–Kier alpha value is -1.58. The van der Waals surface area contributed by atoms with Gasteiger partial charge in [0.15, 0.2) is 5.79 Å². The van der Waals surface area contributed by atoms with Gasteiger partial charge in [-0.05, 0) is 30.2 Å². The number of benzene rings is 1. The lowest BCUT2D eigenvalue weighted by molar-refractivity contribution is -0.164. The van der Waals surface area contributed by atoms with Crippen LogP contribution in [0.1, 0.15) is 17.7 Å². The number of nitrogens with zero attached hydrogens (tertiary/aromatic N) is 1. The maximum absolute atomic E-state index is 5.82. The summed E-state index contributed by atoms with van der Waals surface area (Å²) in [5.41, 5.74) is 3.99. The van der Waals surface area contributed by atoms with E-state index in [4.69, 9.17) is 9.47 Å². The van der Waals surface area contributed by atoms with Crippen molar-refractivity contribution in [1.29, 1.82) is 0 Å². The Morgan fingerprint density at radius 2 is 1.79 bits per heavy atom. The maximum atomic E-state index is 5.82. The molecule has 1 aliphatic carbocycles. The zero-order chi connectivity index (χ0) is 12.7. The molecule has 2 heterocycles. The minimum atomic E-state index is -0.337. The molecule has 2 aliphatic rings. The Morgan fingerprint density at radius 1 is 1.00 bits per heavy atom. The zero-order valence-corrected chi connectivity index (χ0v) is 10.8. The highest BCUT2D eigenvalue weighted by Crippen LogP contribution is 2.36. The van der Waals surface area contributed by atoms with Crippen LogP contribution in [0.3, 0.4) is 0 Å². The van der Waals surface area contributed by atoms with E-state index in [1.54, 1.807) is 0 Å². The van der Waals surface area contributed by atoms with E-state index in [0.717, 1.165) is 32.5 Å². The molecule has 98 valence electrons. The number of aromatic nitrogens is 1. The topological polar surface area (TPSA) is 23.4 Å². The van der Waals surface area contributed by atoms with Gasteiger partial charge >= 0.3 is 0 Å². The number of fused-ring (bicyclic) bond motifs is 1. The summed E-state index contributed by atoms with van der Waals surface area (Å²) in [6.45, 7) is 1.46. The molecule has 0 unspecified atom stereocenters. The molecule has 1 fully saturated rings. The van der Waals surface area contributed by atoms with Crippen LogP contribution in [0.2, 0.25) is 0 Å². The van der Waals surface area contributed by atoms with Crippen LogP contribution in [-0.2, 0) is 22.3 Å². The summed E-state index contributed by atoms with van der Waals surface area (Å²) >= 11 is 0.